The van der Waals surface area contributed by atoms with Crippen molar-refractivity contribution in [1.29, 1.82) is 0 Å². The lowest BCUT2D eigenvalue weighted by Gasteiger charge is -2.10. The van der Waals surface area contributed by atoms with Crippen LogP contribution < -0.4 is 10.1 Å². The molecule has 21 heavy (non-hydrogen) atoms. The largest absolute Gasteiger partial charge is 0.494 e. The summed E-state index contributed by atoms with van der Waals surface area (Å²) >= 11 is 5.85. The highest BCUT2D eigenvalue weighted by Crippen LogP contribution is 2.16. The van der Waals surface area contributed by atoms with Gasteiger partial charge in [-0.05, 0) is 42.2 Å². The van der Waals surface area contributed by atoms with Crippen molar-refractivity contribution < 1.29 is 4.74 Å². The van der Waals surface area contributed by atoms with E-state index in [1.54, 1.807) is 6.20 Å². The number of rotatable bonds is 7. The van der Waals surface area contributed by atoms with Gasteiger partial charge in [0.05, 0.1) is 6.61 Å². The van der Waals surface area contributed by atoms with E-state index < -0.39 is 0 Å². The van der Waals surface area contributed by atoms with Crippen LogP contribution >= 0.6 is 11.6 Å². The Morgan fingerprint density at radius 1 is 1.19 bits per heavy atom. The molecule has 0 aliphatic carbocycles. The first-order valence-corrected chi connectivity index (χ1v) is 7.58. The molecule has 0 unspecified atom stereocenters. The summed E-state index contributed by atoms with van der Waals surface area (Å²) in [5, 5.41) is 3.81. The van der Waals surface area contributed by atoms with Crippen molar-refractivity contribution in [2.75, 3.05) is 11.9 Å². The molecule has 0 amide bonds. The van der Waals surface area contributed by atoms with E-state index in [1.807, 2.05) is 24.3 Å². The fourth-order valence-corrected chi connectivity index (χ4v) is 2.01. The molecule has 1 N–H and O–H groups in total. The van der Waals surface area contributed by atoms with Gasteiger partial charge in [0, 0.05) is 18.4 Å². The van der Waals surface area contributed by atoms with Gasteiger partial charge in [-0.1, -0.05) is 37.6 Å². The van der Waals surface area contributed by atoms with Gasteiger partial charge in [-0.3, -0.25) is 0 Å². The normalized spacial score (nSPS) is 10.7. The van der Waals surface area contributed by atoms with Crippen molar-refractivity contribution in [2.24, 2.45) is 5.92 Å². The molecule has 0 atom stereocenters. The number of hydrogen-bond acceptors (Lipinski definition) is 3. The first-order valence-electron chi connectivity index (χ1n) is 7.20. The number of nitrogens with one attached hydrogen (secondary N) is 1. The van der Waals surface area contributed by atoms with Gasteiger partial charge in [0.1, 0.15) is 10.9 Å². The fraction of sp³-hybridized carbons (Fsp3) is 0.353. The predicted molar refractivity (Wildman–Crippen MR) is 88.0 cm³/mol. The zero-order valence-electron chi connectivity index (χ0n) is 12.5. The zero-order chi connectivity index (χ0) is 15.1. The van der Waals surface area contributed by atoms with E-state index >= 15 is 0 Å². The van der Waals surface area contributed by atoms with E-state index in [2.05, 4.69) is 36.3 Å². The van der Waals surface area contributed by atoms with Gasteiger partial charge >= 0.3 is 0 Å². The molecule has 0 aliphatic rings. The Kier molecular flexibility index (Phi) is 5.88. The number of hydrogen-bond donors (Lipinski definition) is 1. The van der Waals surface area contributed by atoms with Crippen LogP contribution in [0, 0.1) is 5.92 Å². The molecule has 0 saturated carbocycles. The number of halogens is 1. The van der Waals surface area contributed by atoms with Crippen LogP contribution in [0.1, 0.15) is 25.8 Å². The highest BCUT2D eigenvalue weighted by molar-refractivity contribution is 6.29. The minimum Gasteiger partial charge on any atom is -0.494 e. The molecule has 2 rings (SSSR count). The van der Waals surface area contributed by atoms with E-state index in [0.29, 0.717) is 11.1 Å². The average molecular weight is 305 g/mol. The van der Waals surface area contributed by atoms with Crippen molar-refractivity contribution in [3.8, 4) is 5.75 Å². The van der Waals surface area contributed by atoms with Crippen LogP contribution in [0.15, 0.2) is 42.6 Å². The lowest BCUT2D eigenvalue weighted by Crippen LogP contribution is -2.02. The van der Waals surface area contributed by atoms with Gasteiger partial charge in [-0.25, -0.2) is 4.98 Å². The fourth-order valence-electron chi connectivity index (χ4n) is 1.83. The first-order chi connectivity index (χ1) is 10.1. The Morgan fingerprint density at radius 3 is 2.62 bits per heavy atom. The molecule has 0 radical (unpaired) electrons. The van der Waals surface area contributed by atoms with E-state index in [9.17, 15) is 0 Å². The minimum atomic E-state index is 0.494. The Balaban J connectivity index is 1.82. The Labute approximate surface area is 131 Å². The van der Waals surface area contributed by atoms with Gasteiger partial charge < -0.3 is 10.1 Å². The van der Waals surface area contributed by atoms with Crippen molar-refractivity contribution in [1.82, 2.24) is 4.98 Å². The molecule has 112 valence electrons. The first kappa shape index (κ1) is 15.6. The van der Waals surface area contributed by atoms with E-state index in [4.69, 9.17) is 16.3 Å². The monoisotopic (exact) mass is 304 g/mol. The Bertz CT molecular complexity index is 555. The number of benzene rings is 1. The summed E-state index contributed by atoms with van der Waals surface area (Å²) in [6.45, 7) is 5.91. The van der Waals surface area contributed by atoms with Gasteiger partial charge in [-0.15, -0.1) is 0 Å². The van der Waals surface area contributed by atoms with Gasteiger partial charge in [0.25, 0.3) is 0 Å². The highest BCUT2D eigenvalue weighted by Gasteiger charge is 1.99. The van der Waals surface area contributed by atoms with Crippen molar-refractivity contribution in [3.05, 3.63) is 53.3 Å². The molecule has 0 fully saturated rings. The second-order valence-electron chi connectivity index (χ2n) is 5.40. The summed E-state index contributed by atoms with van der Waals surface area (Å²) in [4.78, 5) is 3.96. The second kappa shape index (κ2) is 7.89. The minimum absolute atomic E-state index is 0.494. The third-order valence-corrected chi connectivity index (χ3v) is 3.32. The van der Waals surface area contributed by atoms with Crippen LogP contribution in [0.5, 0.6) is 5.75 Å². The Hall–Kier alpha value is -1.74. The van der Waals surface area contributed by atoms with Crippen LogP contribution in [0.25, 0.3) is 0 Å². The van der Waals surface area contributed by atoms with E-state index in [1.165, 1.54) is 5.56 Å². The molecule has 0 aliphatic heterocycles. The quantitative estimate of drug-likeness (QED) is 0.748. The van der Waals surface area contributed by atoms with Crippen LogP contribution in [0.3, 0.4) is 0 Å². The summed E-state index contributed by atoms with van der Waals surface area (Å²) < 4.78 is 5.70. The standard InChI is InChI=1S/C17H21ClN2O/c1-13(2)8-10-21-16-5-3-14(4-6-16)12-20-15-7-9-19-17(18)11-15/h3-7,9,11,13H,8,10,12H2,1-2H3,(H,19,20). The maximum Gasteiger partial charge on any atom is 0.131 e. The van der Waals surface area contributed by atoms with Gasteiger partial charge in [0.15, 0.2) is 0 Å². The SMILES string of the molecule is CC(C)CCOc1ccc(CNc2ccnc(Cl)c2)cc1. The molecule has 3 nitrogen and oxygen atoms in total. The molecule has 4 heteroatoms. The number of pyridine rings is 1. The molecule has 1 heterocycles. The number of ether oxygens (including phenoxy) is 1. The van der Waals surface area contributed by atoms with Gasteiger partial charge in [-0.2, -0.15) is 0 Å². The second-order valence-corrected chi connectivity index (χ2v) is 5.78. The van der Waals surface area contributed by atoms with Crippen LogP contribution in [0.4, 0.5) is 5.69 Å². The van der Waals surface area contributed by atoms with Crippen molar-refractivity contribution in [3.63, 3.8) is 0 Å². The summed E-state index contributed by atoms with van der Waals surface area (Å²) in [5.41, 5.74) is 2.16. The average Bonchev–Trinajstić information content (AvgIpc) is 2.46. The van der Waals surface area contributed by atoms with Crippen LogP contribution in [-0.4, -0.2) is 11.6 Å². The number of anilines is 1. The smallest absolute Gasteiger partial charge is 0.131 e. The lowest BCUT2D eigenvalue weighted by atomic mass is 10.1. The molecular weight excluding hydrogens is 284 g/mol. The van der Waals surface area contributed by atoms with Crippen molar-refractivity contribution >= 4 is 17.3 Å². The summed E-state index contributed by atoms with van der Waals surface area (Å²) in [6, 6.07) is 11.9. The highest BCUT2D eigenvalue weighted by atomic mass is 35.5. The predicted octanol–water partition coefficient (Wildman–Crippen LogP) is 4.77. The molecule has 0 saturated heterocycles. The summed E-state index contributed by atoms with van der Waals surface area (Å²) in [6.07, 6.45) is 2.77. The van der Waals surface area contributed by atoms with E-state index in [0.717, 1.165) is 31.0 Å². The zero-order valence-corrected chi connectivity index (χ0v) is 13.2. The molecule has 1 aromatic carbocycles. The third-order valence-electron chi connectivity index (χ3n) is 3.11. The molecule has 1 aromatic heterocycles. The molecule has 0 bridgehead atoms. The van der Waals surface area contributed by atoms with Crippen molar-refractivity contribution in [2.45, 2.75) is 26.8 Å². The maximum atomic E-state index is 5.85. The van der Waals surface area contributed by atoms with Gasteiger partial charge in [0.2, 0.25) is 0 Å². The number of nitrogens with zero attached hydrogens (tertiary/aromatic N) is 1. The molecular formula is C17H21ClN2O. The molecule has 2 aromatic rings. The van der Waals surface area contributed by atoms with E-state index in [-0.39, 0.29) is 0 Å². The topological polar surface area (TPSA) is 34.1 Å². The maximum absolute atomic E-state index is 5.85. The lowest BCUT2D eigenvalue weighted by molar-refractivity contribution is 0.289. The number of aromatic nitrogens is 1. The summed E-state index contributed by atoms with van der Waals surface area (Å²) in [5.74, 6) is 1.59. The molecule has 0 spiro atoms. The van der Waals surface area contributed by atoms with Crippen LogP contribution in [0.2, 0.25) is 5.15 Å². The Morgan fingerprint density at radius 2 is 1.95 bits per heavy atom. The third kappa shape index (κ3) is 5.64. The summed E-state index contributed by atoms with van der Waals surface area (Å²) in [7, 11) is 0. The van der Waals surface area contributed by atoms with Crippen LogP contribution in [-0.2, 0) is 6.54 Å².